The van der Waals surface area contributed by atoms with Crippen LogP contribution in [0, 0.1) is 0 Å². The summed E-state index contributed by atoms with van der Waals surface area (Å²) in [5.74, 6) is -0.840. The van der Waals surface area contributed by atoms with Gasteiger partial charge in [-0.15, -0.1) is 0 Å². The van der Waals surface area contributed by atoms with Gasteiger partial charge in [-0.05, 0) is 55.3 Å². The molecule has 0 aliphatic rings. The molecule has 0 aliphatic carbocycles. The Hall–Kier alpha value is -3.22. The van der Waals surface area contributed by atoms with E-state index in [4.69, 9.17) is 4.74 Å². The molecule has 1 aromatic heterocycles. The van der Waals surface area contributed by atoms with Gasteiger partial charge in [0.15, 0.2) is 0 Å². The number of benzene rings is 1. The Morgan fingerprint density at radius 3 is 2.60 bits per heavy atom. The molecular formula is C18H20N4O3. The van der Waals surface area contributed by atoms with Crippen LogP contribution in [-0.2, 0) is 16.1 Å². The summed E-state index contributed by atoms with van der Waals surface area (Å²) in [6.07, 6.45) is 4.80. The molecule has 1 heterocycles. The number of carbonyl (C=O) groups excluding carboxylic acids is 2. The van der Waals surface area contributed by atoms with Gasteiger partial charge in [0.05, 0.1) is 12.3 Å². The van der Waals surface area contributed by atoms with Crippen molar-refractivity contribution in [1.82, 2.24) is 15.7 Å². The summed E-state index contributed by atoms with van der Waals surface area (Å²) in [7, 11) is 0. The zero-order chi connectivity index (χ0) is 18.1. The Balaban J connectivity index is 1.78. The monoisotopic (exact) mass is 340 g/mol. The first kappa shape index (κ1) is 18.1. The van der Waals surface area contributed by atoms with E-state index >= 15 is 0 Å². The largest absolute Gasteiger partial charge is 0.491 e. The Labute approximate surface area is 146 Å². The van der Waals surface area contributed by atoms with E-state index in [0.717, 1.165) is 16.9 Å². The fraction of sp³-hybridized carbons (Fsp3) is 0.222. The van der Waals surface area contributed by atoms with Crippen LogP contribution in [0.2, 0.25) is 0 Å². The normalized spacial score (nSPS) is 10.7. The van der Waals surface area contributed by atoms with Crippen molar-refractivity contribution in [3.8, 4) is 5.75 Å². The van der Waals surface area contributed by atoms with Crippen molar-refractivity contribution in [1.29, 1.82) is 0 Å². The molecule has 2 N–H and O–H groups in total. The predicted octanol–water partition coefficient (Wildman–Crippen LogP) is 1.64. The van der Waals surface area contributed by atoms with E-state index in [-0.39, 0.29) is 12.6 Å². The summed E-state index contributed by atoms with van der Waals surface area (Å²) in [5.41, 5.74) is 3.76. The molecule has 2 amide bonds. The second-order valence-corrected chi connectivity index (χ2v) is 5.48. The number of hydrogen-bond acceptors (Lipinski definition) is 5. The number of hydrazone groups is 1. The van der Waals surface area contributed by atoms with E-state index in [0.29, 0.717) is 0 Å². The highest BCUT2D eigenvalue weighted by Gasteiger charge is 2.11. The van der Waals surface area contributed by atoms with Gasteiger partial charge in [-0.25, -0.2) is 5.43 Å². The van der Waals surface area contributed by atoms with Gasteiger partial charge < -0.3 is 10.1 Å². The number of carbonyl (C=O) groups is 2. The summed E-state index contributed by atoms with van der Waals surface area (Å²) in [5, 5.41) is 6.26. The number of hydrogen-bond donors (Lipinski definition) is 2. The lowest BCUT2D eigenvalue weighted by molar-refractivity contribution is -0.139. The van der Waals surface area contributed by atoms with Crippen LogP contribution in [-0.4, -0.2) is 29.1 Å². The quantitative estimate of drug-likeness (QED) is 0.475. The van der Waals surface area contributed by atoms with Crippen molar-refractivity contribution in [2.75, 3.05) is 0 Å². The maximum absolute atomic E-state index is 11.7. The number of pyridine rings is 1. The standard InChI is InChI=1S/C18H20N4O3/c1-13(2)25-16-7-5-14(6-8-16)12-21-22-18(24)17(23)20-11-15-4-3-9-19-10-15/h3-10,12-13H,11H2,1-2H3,(H,20,23)(H,22,24)/b21-12+. The second kappa shape index (κ2) is 9.17. The van der Waals surface area contributed by atoms with Crippen LogP contribution in [0.4, 0.5) is 0 Å². The fourth-order valence-corrected chi connectivity index (χ4v) is 1.89. The summed E-state index contributed by atoms with van der Waals surface area (Å²) < 4.78 is 5.54. The summed E-state index contributed by atoms with van der Waals surface area (Å²) in [6.45, 7) is 4.12. The maximum Gasteiger partial charge on any atom is 0.329 e. The number of amides is 2. The molecular weight excluding hydrogens is 320 g/mol. The van der Waals surface area contributed by atoms with E-state index in [1.165, 1.54) is 6.21 Å². The highest BCUT2D eigenvalue weighted by Crippen LogP contribution is 2.12. The van der Waals surface area contributed by atoms with Gasteiger partial charge in [0.25, 0.3) is 0 Å². The number of rotatable bonds is 6. The maximum atomic E-state index is 11.7. The lowest BCUT2D eigenvalue weighted by atomic mass is 10.2. The highest BCUT2D eigenvalue weighted by molar-refractivity contribution is 6.35. The van der Waals surface area contributed by atoms with Crippen LogP contribution in [0.5, 0.6) is 5.75 Å². The van der Waals surface area contributed by atoms with E-state index in [9.17, 15) is 9.59 Å². The Kier molecular flexibility index (Phi) is 6.65. The van der Waals surface area contributed by atoms with Gasteiger partial charge in [0, 0.05) is 18.9 Å². The van der Waals surface area contributed by atoms with Gasteiger partial charge in [-0.1, -0.05) is 6.07 Å². The van der Waals surface area contributed by atoms with Crippen LogP contribution in [0.25, 0.3) is 0 Å². The van der Waals surface area contributed by atoms with Gasteiger partial charge in [-0.2, -0.15) is 5.10 Å². The SMILES string of the molecule is CC(C)Oc1ccc(/C=N/NC(=O)C(=O)NCc2cccnc2)cc1. The van der Waals surface area contributed by atoms with E-state index < -0.39 is 11.8 Å². The minimum Gasteiger partial charge on any atom is -0.491 e. The number of nitrogens with zero attached hydrogens (tertiary/aromatic N) is 2. The number of nitrogens with one attached hydrogen (secondary N) is 2. The Morgan fingerprint density at radius 1 is 1.20 bits per heavy atom. The average Bonchev–Trinajstić information content (AvgIpc) is 2.61. The van der Waals surface area contributed by atoms with Crippen LogP contribution >= 0.6 is 0 Å². The highest BCUT2D eigenvalue weighted by atomic mass is 16.5. The molecule has 7 nitrogen and oxygen atoms in total. The van der Waals surface area contributed by atoms with Crippen molar-refractivity contribution in [2.24, 2.45) is 5.10 Å². The lowest BCUT2D eigenvalue weighted by Gasteiger charge is -2.09. The Bertz CT molecular complexity index is 728. The van der Waals surface area contributed by atoms with Crippen LogP contribution in [0.15, 0.2) is 53.9 Å². The molecule has 2 rings (SSSR count). The molecule has 0 unspecified atom stereocenters. The van der Waals surface area contributed by atoms with Gasteiger partial charge >= 0.3 is 11.8 Å². The molecule has 0 bridgehead atoms. The third-order valence-corrected chi connectivity index (χ3v) is 3.01. The van der Waals surface area contributed by atoms with Crippen LogP contribution < -0.4 is 15.5 Å². The summed E-state index contributed by atoms with van der Waals surface area (Å²) in [6, 6.07) is 10.8. The molecule has 0 saturated heterocycles. The van der Waals surface area contributed by atoms with Crippen molar-refractivity contribution in [3.05, 3.63) is 59.9 Å². The second-order valence-electron chi connectivity index (χ2n) is 5.48. The third kappa shape index (κ3) is 6.42. The topological polar surface area (TPSA) is 92.7 Å². The zero-order valence-electron chi connectivity index (χ0n) is 14.1. The van der Waals surface area contributed by atoms with Crippen LogP contribution in [0.3, 0.4) is 0 Å². The van der Waals surface area contributed by atoms with Gasteiger partial charge in [0.2, 0.25) is 0 Å². The minimum atomic E-state index is -0.833. The van der Waals surface area contributed by atoms with Crippen molar-refractivity contribution in [2.45, 2.75) is 26.5 Å². The first-order valence-corrected chi connectivity index (χ1v) is 7.81. The first-order valence-electron chi connectivity index (χ1n) is 7.81. The Morgan fingerprint density at radius 2 is 1.96 bits per heavy atom. The molecule has 0 spiro atoms. The fourth-order valence-electron chi connectivity index (χ4n) is 1.89. The van der Waals surface area contributed by atoms with E-state index in [2.05, 4.69) is 20.8 Å². The predicted molar refractivity (Wildman–Crippen MR) is 94.0 cm³/mol. The smallest absolute Gasteiger partial charge is 0.329 e. The van der Waals surface area contributed by atoms with Crippen molar-refractivity contribution < 1.29 is 14.3 Å². The molecule has 7 heteroatoms. The minimum absolute atomic E-state index is 0.101. The van der Waals surface area contributed by atoms with Gasteiger partial charge in [-0.3, -0.25) is 14.6 Å². The van der Waals surface area contributed by atoms with E-state index in [1.807, 2.05) is 26.0 Å². The van der Waals surface area contributed by atoms with Gasteiger partial charge in [0.1, 0.15) is 5.75 Å². The van der Waals surface area contributed by atoms with Crippen LogP contribution in [0.1, 0.15) is 25.0 Å². The number of aromatic nitrogens is 1. The van der Waals surface area contributed by atoms with E-state index in [1.54, 1.807) is 36.7 Å². The first-order chi connectivity index (χ1) is 12.0. The molecule has 0 atom stereocenters. The summed E-state index contributed by atoms with van der Waals surface area (Å²) >= 11 is 0. The lowest BCUT2D eigenvalue weighted by Crippen LogP contribution is -2.37. The molecule has 0 radical (unpaired) electrons. The molecule has 1 aromatic carbocycles. The molecule has 0 saturated carbocycles. The number of ether oxygens (including phenoxy) is 1. The molecule has 0 aliphatic heterocycles. The average molecular weight is 340 g/mol. The zero-order valence-corrected chi connectivity index (χ0v) is 14.1. The molecule has 2 aromatic rings. The molecule has 25 heavy (non-hydrogen) atoms. The third-order valence-electron chi connectivity index (χ3n) is 3.01. The van der Waals surface area contributed by atoms with Crippen molar-refractivity contribution in [3.63, 3.8) is 0 Å². The summed E-state index contributed by atoms with van der Waals surface area (Å²) in [4.78, 5) is 27.3. The van der Waals surface area contributed by atoms with Crippen molar-refractivity contribution >= 4 is 18.0 Å². The molecule has 130 valence electrons. The molecule has 0 fully saturated rings.